The second-order valence-corrected chi connectivity index (χ2v) is 9.85. The lowest BCUT2D eigenvalue weighted by Crippen LogP contribution is -2.38. The maximum atomic E-state index is 13.0. The largest absolute Gasteiger partial charge is 0.481 e. The molecule has 1 amide bonds. The van der Waals surface area contributed by atoms with E-state index in [-0.39, 0.29) is 11.8 Å². The minimum absolute atomic E-state index is 0.213. The summed E-state index contributed by atoms with van der Waals surface area (Å²) in [5.74, 6) is 0.515. The van der Waals surface area contributed by atoms with Gasteiger partial charge in [-0.15, -0.1) is 0 Å². The van der Waals surface area contributed by atoms with Crippen LogP contribution in [0.1, 0.15) is 87.6 Å². The molecule has 0 radical (unpaired) electrons. The number of aromatic nitrogens is 2. The third-order valence-electron chi connectivity index (χ3n) is 7.83. The van der Waals surface area contributed by atoms with Crippen molar-refractivity contribution in [2.45, 2.75) is 97.1 Å². The molecule has 0 atom stereocenters. The summed E-state index contributed by atoms with van der Waals surface area (Å²) in [7, 11) is 0. The van der Waals surface area contributed by atoms with Crippen LogP contribution in [0, 0.1) is 24.7 Å². The van der Waals surface area contributed by atoms with Crippen molar-refractivity contribution < 1.29 is 14.7 Å². The van der Waals surface area contributed by atoms with Crippen LogP contribution >= 0.6 is 0 Å². The number of carboxylic acid groups (broad SMARTS) is 1. The minimum atomic E-state index is -0.680. The van der Waals surface area contributed by atoms with Gasteiger partial charge >= 0.3 is 5.97 Å². The number of nitrogens with zero attached hydrogens (tertiary/aromatic N) is 3. The van der Waals surface area contributed by atoms with E-state index >= 15 is 0 Å². The van der Waals surface area contributed by atoms with Crippen molar-refractivity contribution in [3.05, 3.63) is 17.0 Å². The summed E-state index contributed by atoms with van der Waals surface area (Å²) in [4.78, 5) is 26.2. The van der Waals surface area contributed by atoms with Crippen molar-refractivity contribution in [1.29, 1.82) is 0 Å². The van der Waals surface area contributed by atoms with Crippen LogP contribution in [-0.2, 0) is 29.1 Å². The van der Waals surface area contributed by atoms with Crippen LogP contribution in [0.4, 0.5) is 0 Å². The summed E-state index contributed by atoms with van der Waals surface area (Å²) < 4.78 is 2.19. The van der Waals surface area contributed by atoms with Gasteiger partial charge in [-0.1, -0.05) is 32.1 Å². The number of aryl methyl sites for hydroxylation is 2. The van der Waals surface area contributed by atoms with Crippen molar-refractivity contribution in [1.82, 2.24) is 14.7 Å². The highest BCUT2D eigenvalue weighted by atomic mass is 16.4. The molecule has 0 spiro atoms. The van der Waals surface area contributed by atoms with Gasteiger partial charge in [-0.2, -0.15) is 5.10 Å². The Kier molecular flexibility index (Phi) is 6.79. The number of carbonyl (C=O) groups is 2. The fourth-order valence-electron chi connectivity index (χ4n) is 5.84. The van der Waals surface area contributed by atoms with Crippen molar-refractivity contribution in [2.75, 3.05) is 6.54 Å². The molecule has 4 rings (SSSR count). The van der Waals surface area contributed by atoms with Gasteiger partial charge in [0.15, 0.2) is 0 Å². The Morgan fingerprint density at radius 3 is 2.47 bits per heavy atom. The standard InChI is InChI=1S/C24H37N3O3/c1-17-21-12-13-26(23(28)15-19-7-9-20(10-8-19)24(29)30)16-22(21)27(25-17)14-11-18-5-3-2-4-6-18/h18-20H,2-16H2,1H3,(H,29,30)/t19-,20-. The van der Waals surface area contributed by atoms with E-state index in [9.17, 15) is 14.7 Å². The summed E-state index contributed by atoms with van der Waals surface area (Å²) in [5.41, 5.74) is 3.73. The molecule has 0 aromatic carbocycles. The molecule has 2 heterocycles. The lowest BCUT2D eigenvalue weighted by Gasteiger charge is -2.31. The van der Waals surface area contributed by atoms with Crippen LogP contribution in [0.15, 0.2) is 0 Å². The zero-order chi connectivity index (χ0) is 21.1. The first kappa shape index (κ1) is 21.4. The number of aliphatic carboxylic acids is 1. The lowest BCUT2D eigenvalue weighted by molar-refractivity contribution is -0.143. The molecule has 1 aromatic heterocycles. The fourth-order valence-corrected chi connectivity index (χ4v) is 5.84. The quantitative estimate of drug-likeness (QED) is 0.750. The van der Waals surface area contributed by atoms with Crippen LogP contribution in [0.5, 0.6) is 0 Å². The first-order chi connectivity index (χ1) is 14.5. The van der Waals surface area contributed by atoms with Gasteiger partial charge in [0, 0.05) is 19.5 Å². The number of rotatable bonds is 6. The Bertz CT molecular complexity index is 758. The van der Waals surface area contributed by atoms with Gasteiger partial charge in [0.2, 0.25) is 5.91 Å². The molecule has 30 heavy (non-hydrogen) atoms. The average Bonchev–Trinajstić information content (AvgIpc) is 3.08. The molecule has 0 saturated heterocycles. The molecule has 2 fully saturated rings. The van der Waals surface area contributed by atoms with Crippen LogP contribution < -0.4 is 0 Å². The second kappa shape index (κ2) is 9.52. The van der Waals surface area contributed by atoms with E-state index < -0.39 is 5.97 Å². The van der Waals surface area contributed by atoms with Gasteiger partial charge < -0.3 is 10.0 Å². The number of carbonyl (C=O) groups excluding carboxylic acids is 1. The van der Waals surface area contributed by atoms with Crippen LogP contribution in [0.3, 0.4) is 0 Å². The van der Waals surface area contributed by atoms with Crippen molar-refractivity contribution in [3.63, 3.8) is 0 Å². The van der Waals surface area contributed by atoms with Crippen LogP contribution in [0.25, 0.3) is 0 Å². The number of hydrogen-bond acceptors (Lipinski definition) is 3. The van der Waals surface area contributed by atoms with Gasteiger partial charge in [-0.25, -0.2) is 0 Å². The Morgan fingerprint density at radius 2 is 1.77 bits per heavy atom. The highest BCUT2D eigenvalue weighted by Crippen LogP contribution is 2.32. The first-order valence-corrected chi connectivity index (χ1v) is 12.1. The van der Waals surface area contributed by atoms with E-state index in [1.807, 2.05) is 4.90 Å². The highest BCUT2D eigenvalue weighted by Gasteiger charge is 2.31. The van der Waals surface area contributed by atoms with Gasteiger partial charge in [0.05, 0.1) is 23.9 Å². The maximum Gasteiger partial charge on any atom is 0.306 e. The van der Waals surface area contributed by atoms with Gasteiger partial charge in [-0.3, -0.25) is 14.3 Å². The molecule has 6 heteroatoms. The third kappa shape index (κ3) is 4.89. The Labute approximate surface area is 180 Å². The molecule has 2 saturated carbocycles. The molecule has 1 N–H and O–H groups in total. The van der Waals surface area contributed by atoms with E-state index in [2.05, 4.69) is 11.6 Å². The third-order valence-corrected chi connectivity index (χ3v) is 7.83. The van der Waals surface area contributed by atoms with E-state index in [1.165, 1.54) is 49.8 Å². The summed E-state index contributed by atoms with van der Waals surface area (Å²) in [6.07, 6.45) is 12.7. The van der Waals surface area contributed by atoms with E-state index in [0.29, 0.717) is 31.7 Å². The molecule has 2 aliphatic carbocycles. The molecular formula is C24H37N3O3. The van der Waals surface area contributed by atoms with Gasteiger partial charge in [0.25, 0.3) is 0 Å². The molecule has 1 aromatic rings. The molecule has 1 aliphatic heterocycles. The van der Waals surface area contributed by atoms with Gasteiger partial charge in [-0.05, 0) is 62.8 Å². The smallest absolute Gasteiger partial charge is 0.306 e. The summed E-state index contributed by atoms with van der Waals surface area (Å²) in [6, 6.07) is 0. The fraction of sp³-hybridized carbons (Fsp3) is 0.792. The maximum absolute atomic E-state index is 13.0. The molecule has 0 bridgehead atoms. The molecule has 0 unspecified atom stereocenters. The zero-order valence-electron chi connectivity index (χ0n) is 18.4. The number of hydrogen-bond donors (Lipinski definition) is 1. The normalized spacial score (nSPS) is 25.2. The van der Waals surface area contributed by atoms with Crippen molar-refractivity contribution in [2.24, 2.45) is 17.8 Å². The first-order valence-electron chi connectivity index (χ1n) is 12.1. The van der Waals surface area contributed by atoms with Gasteiger partial charge in [0.1, 0.15) is 0 Å². The van der Waals surface area contributed by atoms with Crippen LogP contribution in [0.2, 0.25) is 0 Å². The zero-order valence-corrected chi connectivity index (χ0v) is 18.4. The molecule has 3 aliphatic rings. The second-order valence-electron chi connectivity index (χ2n) is 9.85. The van der Waals surface area contributed by atoms with Crippen molar-refractivity contribution in [3.8, 4) is 0 Å². The predicted octanol–water partition coefficient (Wildman–Crippen LogP) is 4.33. The minimum Gasteiger partial charge on any atom is -0.481 e. The SMILES string of the molecule is Cc1nn(CCC2CCCCC2)c2c1CCN(C(=O)C[C@H]1CC[C@H](C(=O)O)CC1)C2. The Morgan fingerprint density at radius 1 is 1.03 bits per heavy atom. The predicted molar refractivity (Wildman–Crippen MR) is 115 cm³/mol. The topological polar surface area (TPSA) is 75.4 Å². The monoisotopic (exact) mass is 415 g/mol. The summed E-state index contributed by atoms with van der Waals surface area (Å²) >= 11 is 0. The summed E-state index contributed by atoms with van der Waals surface area (Å²) in [5, 5.41) is 14.0. The lowest BCUT2D eigenvalue weighted by atomic mass is 9.80. The molecule has 166 valence electrons. The molecule has 6 nitrogen and oxygen atoms in total. The van der Waals surface area contributed by atoms with Crippen molar-refractivity contribution >= 4 is 11.9 Å². The molecular weight excluding hydrogens is 378 g/mol. The number of fused-ring (bicyclic) bond motifs is 1. The van der Waals surface area contributed by atoms with E-state index in [0.717, 1.165) is 44.0 Å². The summed E-state index contributed by atoms with van der Waals surface area (Å²) in [6.45, 7) is 4.55. The average molecular weight is 416 g/mol. The Hall–Kier alpha value is -1.85. The number of amides is 1. The van der Waals surface area contributed by atoms with Crippen LogP contribution in [-0.4, -0.2) is 38.2 Å². The van der Waals surface area contributed by atoms with E-state index in [1.54, 1.807) is 0 Å². The Balaban J connectivity index is 1.33. The highest BCUT2D eigenvalue weighted by molar-refractivity contribution is 5.77. The number of carboxylic acids is 1. The van der Waals surface area contributed by atoms with E-state index in [4.69, 9.17) is 5.10 Å².